The molecule has 1 atom stereocenters. The van der Waals surface area contributed by atoms with E-state index in [0.29, 0.717) is 5.56 Å². The molecule has 0 bridgehead atoms. The first kappa shape index (κ1) is 18.6. The quantitative estimate of drug-likeness (QED) is 0.774. The lowest BCUT2D eigenvalue weighted by atomic mass is 10.1. The Balaban J connectivity index is 1.89. The summed E-state index contributed by atoms with van der Waals surface area (Å²) >= 11 is 0. The number of benzene rings is 2. The highest BCUT2D eigenvalue weighted by atomic mass is 32.3. The Morgan fingerprint density at radius 2 is 1.85 bits per heavy atom. The number of carbonyl (C=O) groups excluding carboxylic acids is 1. The molecule has 0 aromatic heterocycles. The molecular weight excluding hydrogens is 381 g/mol. The van der Waals surface area contributed by atoms with Gasteiger partial charge in [-0.3, -0.25) is 4.90 Å². The molecular formula is C17H14FNO7S. The number of rotatable bonds is 5. The molecule has 1 unspecified atom stereocenters. The summed E-state index contributed by atoms with van der Waals surface area (Å²) in [5.74, 6) is -1.70. The number of anilines is 1. The zero-order valence-electron chi connectivity index (χ0n) is 13.7. The zero-order chi connectivity index (χ0) is 19.6. The monoisotopic (exact) mass is 395 g/mol. The third-order valence-electron chi connectivity index (χ3n) is 3.95. The van der Waals surface area contributed by atoms with Gasteiger partial charge in [0, 0.05) is 12.0 Å². The van der Waals surface area contributed by atoms with Crippen molar-refractivity contribution in [1.29, 1.82) is 0 Å². The number of aliphatic carboxylic acids is 1. The van der Waals surface area contributed by atoms with E-state index in [0.717, 1.165) is 4.90 Å². The Morgan fingerprint density at radius 1 is 1.15 bits per heavy atom. The summed E-state index contributed by atoms with van der Waals surface area (Å²) in [6.07, 6.45) is -1.18. The molecule has 2 aromatic carbocycles. The fourth-order valence-corrected chi connectivity index (χ4v) is 3.21. The van der Waals surface area contributed by atoms with Crippen LogP contribution in [0.25, 0.3) is 0 Å². The number of nitrogens with zero attached hydrogens (tertiary/aromatic N) is 1. The zero-order valence-corrected chi connectivity index (χ0v) is 14.6. The van der Waals surface area contributed by atoms with Crippen molar-refractivity contribution in [2.75, 3.05) is 4.90 Å². The highest BCUT2D eigenvalue weighted by Gasteiger charge is 2.41. The lowest BCUT2D eigenvalue weighted by molar-refractivity contribution is -0.138. The standard InChI is InChI=1S/C17H14FNO7S/c18-27(23,24)26-15-8-4-7-13-12(15)9-14(16(20)21)19(13)17(22)25-10-11-5-2-1-3-6-11/h1-8,14H,9-10H2,(H,20,21). The number of hydrogen-bond donors (Lipinski definition) is 1. The first-order valence-electron chi connectivity index (χ1n) is 7.75. The maximum absolute atomic E-state index is 12.9. The van der Waals surface area contributed by atoms with Crippen molar-refractivity contribution in [2.45, 2.75) is 19.1 Å². The Bertz CT molecular complexity index is 978. The lowest BCUT2D eigenvalue weighted by Gasteiger charge is -2.22. The van der Waals surface area contributed by atoms with E-state index < -0.39 is 28.6 Å². The molecule has 2 aromatic rings. The number of carbonyl (C=O) groups is 2. The first-order valence-corrected chi connectivity index (χ1v) is 9.06. The molecule has 3 rings (SSSR count). The third kappa shape index (κ3) is 4.17. The van der Waals surface area contributed by atoms with Crippen LogP contribution in [0.2, 0.25) is 0 Å². The summed E-state index contributed by atoms with van der Waals surface area (Å²) in [4.78, 5) is 25.0. The number of ether oxygens (including phenoxy) is 1. The Labute approximate surface area is 154 Å². The van der Waals surface area contributed by atoms with Crippen LogP contribution in [-0.2, 0) is 33.1 Å². The summed E-state index contributed by atoms with van der Waals surface area (Å²) in [6.45, 7) is -0.0765. The van der Waals surface area contributed by atoms with Crippen LogP contribution < -0.4 is 9.08 Å². The molecule has 1 amide bonds. The van der Waals surface area contributed by atoms with Gasteiger partial charge in [-0.15, -0.1) is 0 Å². The van der Waals surface area contributed by atoms with E-state index in [4.69, 9.17) is 4.74 Å². The molecule has 0 spiro atoms. The van der Waals surface area contributed by atoms with Gasteiger partial charge in [0.2, 0.25) is 0 Å². The van der Waals surface area contributed by atoms with Gasteiger partial charge < -0.3 is 14.0 Å². The topological polar surface area (TPSA) is 110 Å². The largest absolute Gasteiger partial charge is 0.488 e. The van der Waals surface area contributed by atoms with Crippen molar-refractivity contribution in [3.63, 3.8) is 0 Å². The Hall–Kier alpha value is -3.14. The SMILES string of the molecule is O=C(O)C1Cc2c(OS(=O)(=O)F)cccc2N1C(=O)OCc1ccccc1. The average Bonchev–Trinajstić information content (AvgIpc) is 3.00. The minimum absolute atomic E-state index is 0.0765. The van der Waals surface area contributed by atoms with E-state index in [2.05, 4.69) is 4.18 Å². The molecule has 1 aliphatic heterocycles. The molecule has 10 heteroatoms. The van der Waals surface area contributed by atoms with Gasteiger partial charge in [-0.05, 0) is 17.7 Å². The predicted octanol–water partition coefficient (Wildman–Crippen LogP) is 2.43. The minimum Gasteiger partial charge on any atom is -0.480 e. The molecule has 1 heterocycles. The van der Waals surface area contributed by atoms with Crippen molar-refractivity contribution >= 4 is 28.3 Å². The first-order chi connectivity index (χ1) is 12.8. The number of amides is 1. The molecule has 0 saturated carbocycles. The second-order valence-electron chi connectivity index (χ2n) is 5.70. The van der Waals surface area contributed by atoms with Gasteiger partial charge in [0.15, 0.2) is 5.75 Å². The molecule has 0 fully saturated rings. The number of halogens is 1. The molecule has 142 valence electrons. The van der Waals surface area contributed by atoms with Gasteiger partial charge in [-0.1, -0.05) is 40.3 Å². The number of carboxylic acid groups (broad SMARTS) is 1. The van der Waals surface area contributed by atoms with E-state index in [-0.39, 0.29) is 30.0 Å². The fraction of sp³-hybridized carbons (Fsp3) is 0.176. The van der Waals surface area contributed by atoms with E-state index in [9.17, 15) is 27.0 Å². The van der Waals surface area contributed by atoms with Gasteiger partial charge in [-0.25, -0.2) is 9.59 Å². The van der Waals surface area contributed by atoms with Crippen molar-refractivity contribution in [3.05, 3.63) is 59.7 Å². The van der Waals surface area contributed by atoms with Crippen LogP contribution in [0, 0.1) is 0 Å². The lowest BCUT2D eigenvalue weighted by Crippen LogP contribution is -2.43. The fourth-order valence-electron chi connectivity index (χ4n) is 2.83. The summed E-state index contributed by atoms with van der Waals surface area (Å²) < 4.78 is 43.9. The summed E-state index contributed by atoms with van der Waals surface area (Å²) in [5, 5.41) is 9.43. The molecule has 0 radical (unpaired) electrons. The van der Waals surface area contributed by atoms with E-state index >= 15 is 0 Å². The van der Waals surface area contributed by atoms with E-state index in [1.807, 2.05) is 0 Å². The van der Waals surface area contributed by atoms with Gasteiger partial charge in [0.25, 0.3) is 0 Å². The normalized spacial score (nSPS) is 15.9. The van der Waals surface area contributed by atoms with E-state index in [1.54, 1.807) is 30.3 Å². The molecule has 0 aliphatic carbocycles. The van der Waals surface area contributed by atoms with Crippen LogP contribution in [0.3, 0.4) is 0 Å². The van der Waals surface area contributed by atoms with Crippen LogP contribution in [0.4, 0.5) is 14.4 Å². The molecule has 0 saturated heterocycles. The van der Waals surface area contributed by atoms with Gasteiger partial charge in [0.05, 0.1) is 5.69 Å². The maximum atomic E-state index is 12.9. The summed E-state index contributed by atoms with van der Waals surface area (Å²) in [5.41, 5.74) is 0.877. The molecule has 1 N–H and O–H groups in total. The maximum Gasteiger partial charge on any atom is 0.488 e. The van der Waals surface area contributed by atoms with Gasteiger partial charge >= 0.3 is 22.6 Å². The van der Waals surface area contributed by atoms with Crippen LogP contribution in [0.15, 0.2) is 48.5 Å². The summed E-state index contributed by atoms with van der Waals surface area (Å²) in [6, 6.07) is 11.3. The highest BCUT2D eigenvalue weighted by Crippen LogP contribution is 2.39. The average molecular weight is 395 g/mol. The second kappa shape index (κ2) is 7.23. The van der Waals surface area contributed by atoms with Crippen LogP contribution in [-0.4, -0.2) is 31.6 Å². The van der Waals surface area contributed by atoms with Crippen LogP contribution >= 0.6 is 0 Å². The Kier molecular flexibility index (Phi) is 5.00. The summed E-state index contributed by atoms with van der Waals surface area (Å²) in [7, 11) is -5.30. The number of fused-ring (bicyclic) bond motifs is 1. The van der Waals surface area contributed by atoms with Gasteiger partial charge in [-0.2, -0.15) is 8.42 Å². The van der Waals surface area contributed by atoms with Gasteiger partial charge in [0.1, 0.15) is 12.6 Å². The number of hydrogen-bond acceptors (Lipinski definition) is 6. The smallest absolute Gasteiger partial charge is 0.480 e. The highest BCUT2D eigenvalue weighted by molar-refractivity contribution is 7.81. The second-order valence-corrected chi connectivity index (χ2v) is 6.65. The van der Waals surface area contributed by atoms with Crippen molar-refractivity contribution in [3.8, 4) is 5.75 Å². The van der Waals surface area contributed by atoms with Crippen molar-refractivity contribution in [2.24, 2.45) is 0 Å². The Morgan fingerprint density at radius 3 is 2.48 bits per heavy atom. The predicted molar refractivity (Wildman–Crippen MR) is 91.3 cm³/mol. The van der Waals surface area contributed by atoms with Crippen LogP contribution in [0.1, 0.15) is 11.1 Å². The molecule has 27 heavy (non-hydrogen) atoms. The van der Waals surface area contributed by atoms with Crippen molar-refractivity contribution in [1.82, 2.24) is 0 Å². The number of carboxylic acids is 1. The molecule has 8 nitrogen and oxygen atoms in total. The van der Waals surface area contributed by atoms with E-state index in [1.165, 1.54) is 18.2 Å². The van der Waals surface area contributed by atoms with Crippen molar-refractivity contribution < 1.29 is 35.9 Å². The third-order valence-corrected chi connectivity index (χ3v) is 4.33. The minimum atomic E-state index is -5.30. The van der Waals surface area contributed by atoms with Crippen LogP contribution in [0.5, 0.6) is 5.75 Å². The molecule has 1 aliphatic rings.